The summed E-state index contributed by atoms with van der Waals surface area (Å²) >= 11 is 3.45. The number of benzene rings is 1. The van der Waals surface area contributed by atoms with Crippen LogP contribution in [0, 0.1) is 6.92 Å². The SMILES string of the molecule is CNC(c1ccc2nc(C)ccc2c1)c1ccoc1Br. The zero-order chi connectivity index (χ0) is 14.1. The largest absolute Gasteiger partial charge is 0.457 e. The number of rotatable bonds is 3. The van der Waals surface area contributed by atoms with Crippen LogP contribution in [0.2, 0.25) is 0 Å². The van der Waals surface area contributed by atoms with E-state index in [1.165, 1.54) is 5.56 Å². The Kier molecular flexibility index (Phi) is 3.59. The second-order valence-corrected chi connectivity index (χ2v) is 5.50. The molecule has 3 aromatic rings. The maximum absolute atomic E-state index is 5.34. The Morgan fingerprint density at radius 3 is 2.75 bits per heavy atom. The zero-order valence-electron chi connectivity index (χ0n) is 11.4. The van der Waals surface area contributed by atoms with Crippen molar-refractivity contribution in [3.63, 3.8) is 0 Å². The highest BCUT2D eigenvalue weighted by Gasteiger charge is 2.17. The number of fused-ring (bicyclic) bond motifs is 1. The summed E-state index contributed by atoms with van der Waals surface area (Å²) in [6.45, 7) is 2.01. The van der Waals surface area contributed by atoms with Crippen LogP contribution in [0.5, 0.6) is 0 Å². The Labute approximate surface area is 126 Å². The number of hydrogen-bond donors (Lipinski definition) is 1. The second-order valence-electron chi connectivity index (χ2n) is 4.78. The lowest BCUT2D eigenvalue weighted by atomic mass is 9.99. The monoisotopic (exact) mass is 330 g/mol. The normalized spacial score (nSPS) is 12.8. The van der Waals surface area contributed by atoms with Gasteiger partial charge in [-0.1, -0.05) is 12.1 Å². The van der Waals surface area contributed by atoms with Crippen LogP contribution in [0.1, 0.15) is 22.9 Å². The lowest BCUT2D eigenvalue weighted by Crippen LogP contribution is -2.17. The van der Waals surface area contributed by atoms with Gasteiger partial charge in [-0.05, 0) is 59.7 Å². The number of nitrogens with one attached hydrogen (secondary N) is 1. The van der Waals surface area contributed by atoms with E-state index < -0.39 is 0 Å². The summed E-state index contributed by atoms with van der Waals surface area (Å²) < 4.78 is 6.10. The fourth-order valence-corrected chi connectivity index (χ4v) is 2.91. The molecule has 0 radical (unpaired) electrons. The molecule has 102 valence electrons. The number of pyridine rings is 1. The van der Waals surface area contributed by atoms with Crippen molar-refractivity contribution in [1.29, 1.82) is 0 Å². The standard InChI is InChI=1S/C16H15BrN2O/c1-10-3-4-11-9-12(5-6-14(11)19-10)15(18-2)13-7-8-20-16(13)17/h3-9,15,18H,1-2H3. The van der Waals surface area contributed by atoms with Gasteiger partial charge in [-0.15, -0.1) is 0 Å². The van der Waals surface area contributed by atoms with Crippen LogP contribution in [-0.4, -0.2) is 12.0 Å². The Balaban J connectivity index is 2.08. The molecule has 3 nitrogen and oxygen atoms in total. The van der Waals surface area contributed by atoms with Gasteiger partial charge < -0.3 is 9.73 Å². The number of nitrogens with zero attached hydrogens (tertiary/aromatic N) is 1. The Morgan fingerprint density at radius 2 is 2.05 bits per heavy atom. The lowest BCUT2D eigenvalue weighted by molar-refractivity contribution is 0.530. The van der Waals surface area contributed by atoms with Crippen molar-refractivity contribution in [2.24, 2.45) is 0 Å². The second kappa shape index (κ2) is 5.38. The van der Waals surface area contributed by atoms with Crippen molar-refractivity contribution in [1.82, 2.24) is 10.3 Å². The van der Waals surface area contributed by atoms with Crippen molar-refractivity contribution < 1.29 is 4.42 Å². The number of furan rings is 1. The van der Waals surface area contributed by atoms with Crippen LogP contribution < -0.4 is 5.32 Å². The van der Waals surface area contributed by atoms with Gasteiger partial charge in [0.2, 0.25) is 0 Å². The molecular formula is C16H15BrN2O. The molecular weight excluding hydrogens is 316 g/mol. The molecule has 0 amide bonds. The molecule has 0 aliphatic rings. The quantitative estimate of drug-likeness (QED) is 0.781. The van der Waals surface area contributed by atoms with Gasteiger partial charge in [0.1, 0.15) is 0 Å². The maximum atomic E-state index is 5.34. The molecule has 20 heavy (non-hydrogen) atoms. The number of aromatic nitrogens is 1. The van der Waals surface area contributed by atoms with Gasteiger partial charge in [0.05, 0.1) is 17.8 Å². The minimum atomic E-state index is 0.0915. The fourth-order valence-electron chi connectivity index (χ4n) is 2.44. The minimum Gasteiger partial charge on any atom is -0.457 e. The van der Waals surface area contributed by atoms with Gasteiger partial charge in [-0.3, -0.25) is 4.98 Å². The van der Waals surface area contributed by atoms with E-state index in [1.807, 2.05) is 26.1 Å². The molecule has 2 heterocycles. The van der Waals surface area contributed by atoms with Gasteiger partial charge in [-0.25, -0.2) is 0 Å². The summed E-state index contributed by atoms with van der Waals surface area (Å²) in [5, 5.41) is 4.47. The number of aryl methyl sites for hydroxylation is 1. The summed E-state index contributed by atoms with van der Waals surface area (Å²) in [5.74, 6) is 0. The fraction of sp³-hybridized carbons (Fsp3) is 0.188. The minimum absolute atomic E-state index is 0.0915. The highest BCUT2D eigenvalue weighted by atomic mass is 79.9. The molecule has 1 aromatic carbocycles. The molecule has 4 heteroatoms. The molecule has 1 atom stereocenters. The van der Waals surface area contributed by atoms with Gasteiger partial charge in [0, 0.05) is 16.6 Å². The maximum Gasteiger partial charge on any atom is 0.174 e. The first-order chi connectivity index (χ1) is 9.69. The van der Waals surface area contributed by atoms with Crippen molar-refractivity contribution in [2.75, 3.05) is 7.05 Å². The van der Waals surface area contributed by atoms with E-state index in [0.717, 1.165) is 26.8 Å². The summed E-state index contributed by atoms with van der Waals surface area (Å²) in [4.78, 5) is 4.53. The highest BCUT2D eigenvalue weighted by Crippen LogP contribution is 2.30. The van der Waals surface area contributed by atoms with Crippen molar-refractivity contribution >= 4 is 26.8 Å². The third-order valence-corrected chi connectivity index (χ3v) is 4.08. The highest BCUT2D eigenvalue weighted by molar-refractivity contribution is 9.10. The van der Waals surface area contributed by atoms with Crippen LogP contribution in [0.15, 0.2) is 51.7 Å². The summed E-state index contributed by atoms with van der Waals surface area (Å²) in [6, 6.07) is 12.6. The van der Waals surface area contributed by atoms with Crippen molar-refractivity contribution in [3.8, 4) is 0 Å². The van der Waals surface area contributed by atoms with Crippen LogP contribution in [0.25, 0.3) is 10.9 Å². The van der Waals surface area contributed by atoms with Crippen LogP contribution in [0.3, 0.4) is 0 Å². The Bertz CT molecular complexity index is 751. The third kappa shape index (κ3) is 2.37. The van der Waals surface area contributed by atoms with E-state index in [1.54, 1.807) is 6.26 Å². The molecule has 0 bridgehead atoms. The first-order valence-corrected chi connectivity index (χ1v) is 7.26. The van der Waals surface area contributed by atoms with Crippen LogP contribution in [-0.2, 0) is 0 Å². The van der Waals surface area contributed by atoms with E-state index in [2.05, 4.69) is 50.5 Å². The number of hydrogen-bond acceptors (Lipinski definition) is 3. The molecule has 0 aliphatic carbocycles. The topological polar surface area (TPSA) is 38.1 Å². The van der Waals surface area contributed by atoms with Gasteiger partial charge in [0.25, 0.3) is 0 Å². The molecule has 1 unspecified atom stereocenters. The first-order valence-electron chi connectivity index (χ1n) is 6.46. The first kappa shape index (κ1) is 13.3. The summed E-state index contributed by atoms with van der Waals surface area (Å²) in [7, 11) is 1.95. The van der Waals surface area contributed by atoms with Crippen molar-refractivity contribution in [3.05, 3.63) is 64.2 Å². The van der Waals surface area contributed by atoms with Gasteiger partial charge in [-0.2, -0.15) is 0 Å². The lowest BCUT2D eigenvalue weighted by Gasteiger charge is -2.16. The molecule has 0 spiro atoms. The van der Waals surface area contributed by atoms with E-state index in [-0.39, 0.29) is 6.04 Å². The van der Waals surface area contributed by atoms with E-state index in [4.69, 9.17) is 4.42 Å². The molecule has 2 aromatic heterocycles. The predicted octanol–water partition coefficient (Wildman–Crippen LogP) is 4.21. The summed E-state index contributed by atoms with van der Waals surface area (Å²) in [5.41, 5.74) is 4.34. The van der Waals surface area contributed by atoms with E-state index in [0.29, 0.717) is 0 Å². The average Bonchev–Trinajstić information content (AvgIpc) is 2.86. The van der Waals surface area contributed by atoms with Crippen LogP contribution >= 0.6 is 15.9 Å². The predicted molar refractivity (Wildman–Crippen MR) is 83.8 cm³/mol. The average molecular weight is 331 g/mol. The van der Waals surface area contributed by atoms with Gasteiger partial charge >= 0.3 is 0 Å². The Morgan fingerprint density at radius 1 is 1.20 bits per heavy atom. The summed E-state index contributed by atoms with van der Waals surface area (Å²) in [6.07, 6.45) is 1.69. The van der Waals surface area contributed by atoms with E-state index in [9.17, 15) is 0 Å². The molecule has 3 rings (SSSR count). The molecule has 0 fully saturated rings. The molecule has 1 N–H and O–H groups in total. The zero-order valence-corrected chi connectivity index (χ0v) is 12.9. The molecule has 0 saturated carbocycles. The van der Waals surface area contributed by atoms with E-state index >= 15 is 0 Å². The smallest absolute Gasteiger partial charge is 0.174 e. The van der Waals surface area contributed by atoms with Gasteiger partial charge in [0.15, 0.2) is 4.67 Å². The Hall–Kier alpha value is -1.65. The third-order valence-electron chi connectivity index (χ3n) is 3.43. The van der Waals surface area contributed by atoms with Crippen molar-refractivity contribution in [2.45, 2.75) is 13.0 Å². The van der Waals surface area contributed by atoms with Crippen LogP contribution in [0.4, 0.5) is 0 Å². The number of halogens is 1. The molecule has 0 saturated heterocycles. The molecule has 0 aliphatic heterocycles.